The smallest absolute Gasteiger partial charge is 0.357 e. The molecule has 0 aliphatic carbocycles. The van der Waals surface area contributed by atoms with Gasteiger partial charge in [-0.3, -0.25) is 0 Å². The predicted molar refractivity (Wildman–Crippen MR) is 43.1 cm³/mol. The Morgan fingerprint density at radius 1 is 1.67 bits per heavy atom. The molecule has 1 heterocycles. The van der Waals surface area contributed by atoms with Crippen molar-refractivity contribution in [3.63, 3.8) is 0 Å². The highest BCUT2D eigenvalue weighted by Crippen LogP contribution is 2.07. The van der Waals surface area contributed by atoms with E-state index in [1.807, 2.05) is 0 Å². The van der Waals surface area contributed by atoms with Gasteiger partial charge >= 0.3 is 5.97 Å². The zero-order valence-corrected chi connectivity index (χ0v) is 7.42. The molecular formula is C7H7ClN2O2. The van der Waals surface area contributed by atoms with E-state index in [1.54, 1.807) is 6.92 Å². The van der Waals surface area contributed by atoms with Gasteiger partial charge in [0.05, 0.1) is 7.11 Å². The molecule has 0 amide bonds. The number of carbonyl (C=O) groups is 1. The number of aromatic nitrogens is 2. The number of hydrogen-bond donors (Lipinski definition) is 0. The molecule has 0 radical (unpaired) electrons. The summed E-state index contributed by atoms with van der Waals surface area (Å²) in [6.45, 7) is 1.71. The van der Waals surface area contributed by atoms with E-state index in [1.165, 1.54) is 13.3 Å². The molecule has 1 aromatic rings. The molecule has 0 spiro atoms. The van der Waals surface area contributed by atoms with Crippen molar-refractivity contribution < 1.29 is 9.53 Å². The quantitative estimate of drug-likeness (QED) is 0.489. The van der Waals surface area contributed by atoms with E-state index in [0.717, 1.165) is 0 Å². The first-order chi connectivity index (χ1) is 5.65. The SMILES string of the molecule is COC(=O)c1nc(Cl)ncc1C. The average molecular weight is 187 g/mol. The van der Waals surface area contributed by atoms with Crippen LogP contribution in [0.2, 0.25) is 5.28 Å². The molecular weight excluding hydrogens is 180 g/mol. The zero-order valence-electron chi connectivity index (χ0n) is 6.67. The molecule has 1 rings (SSSR count). The molecule has 0 saturated carbocycles. The van der Waals surface area contributed by atoms with Crippen molar-refractivity contribution in [1.82, 2.24) is 9.97 Å². The fourth-order valence-electron chi connectivity index (χ4n) is 0.724. The summed E-state index contributed by atoms with van der Waals surface area (Å²) in [4.78, 5) is 18.4. The van der Waals surface area contributed by atoms with Gasteiger partial charge in [-0.05, 0) is 18.5 Å². The number of esters is 1. The summed E-state index contributed by atoms with van der Waals surface area (Å²) in [5, 5.41) is 0.0426. The van der Waals surface area contributed by atoms with E-state index >= 15 is 0 Å². The Morgan fingerprint density at radius 2 is 2.33 bits per heavy atom. The highest BCUT2D eigenvalue weighted by molar-refractivity contribution is 6.28. The third-order valence-corrected chi connectivity index (χ3v) is 1.50. The second-order valence-corrected chi connectivity index (χ2v) is 2.50. The van der Waals surface area contributed by atoms with Crippen LogP contribution in [0.4, 0.5) is 0 Å². The van der Waals surface area contributed by atoms with Crippen LogP contribution in [-0.4, -0.2) is 23.0 Å². The van der Waals surface area contributed by atoms with Gasteiger partial charge in [-0.15, -0.1) is 0 Å². The molecule has 0 atom stereocenters. The summed E-state index contributed by atoms with van der Waals surface area (Å²) in [5.41, 5.74) is 0.851. The Bertz CT molecular complexity index is 314. The molecule has 4 nitrogen and oxygen atoms in total. The number of rotatable bonds is 1. The van der Waals surface area contributed by atoms with Crippen LogP contribution in [-0.2, 0) is 4.74 Å². The first-order valence-corrected chi connectivity index (χ1v) is 3.60. The highest BCUT2D eigenvalue weighted by atomic mass is 35.5. The summed E-state index contributed by atoms with van der Waals surface area (Å²) >= 11 is 5.49. The molecule has 0 aliphatic heterocycles. The second kappa shape index (κ2) is 3.49. The van der Waals surface area contributed by atoms with E-state index in [0.29, 0.717) is 5.56 Å². The van der Waals surface area contributed by atoms with Crippen molar-refractivity contribution in [2.75, 3.05) is 7.11 Å². The Kier molecular flexibility index (Phi) is 2.60. The Balaban J connectivity index is 3.13. The minimum Gasteiger partial charge on any atom is -0.464 e. The van der Waals surface area contributed by atoms with Crippen molar-refractivity contribution in [1.29, 1.82) is 0 Å². The fourth-order valence-corrected chi connectivity index (χ4v) is 0.857. The maximum absolute atomic E-state index is 11.0. The lowest BCUT2D eigenvalue weighted by Gasteiger charge is -2.00. The van der Waals surface area contributed by atoms with E-state index < -0.39 is 5.97 Å². The van der Waals surface area contributed by atoms with Crippen molar-refractivity contribution in [2.45, 2.75) is 6.92 Å². The molecule has 0 N–H and O–H groups in total. The topological polar surface area (TPSA) is 52.1 Å². The third-order valence-electron chi connectivity index (χ3n) is 1.32. The number of aryl methyl sites for hydroxylation is 1. The lowest BCUT2D eigenvalue weighted by Crippen LogP contribution is -2.07. The van der Waals surface area contributed by atoms with Crippen LogP contribution in [0.1, 0.15) is 16.1 Å². The molecule has 0 unspecified atom stereocenters. The largest absolute Gasteiger partial charge is 0.464 e. The van der Waals surface area contributed by atoms with Gasteiger partial charge in [0.25, 0.3) is 0 Å². The summed E-state index contributed by atoms with van der Waals surface area (Å²) in [7, 11) is 1.29. The van der Waals surface area contributed by atoms with Crippen LogP contribution in [0.3, 0.4) is 0 Å². The van der Waals surface area contributed by atoms with Crippen LogP contribution >= 0.6 is 11.6 Å². The van der Waals surface area contributed by atoms with Crippen LogP contribution in [0.5, 0.6) is 0 Å². The third kappa shape index (κ3) is 1.71. The lowest BCUT2D eigenvalue weighted by molar-refractivity contribution is 0.0593. The summed E-state index contributed by atoms with van der Waals surface area (Å²) in [5.74, 6) is -0.503. The first kappa shape index (κ1) is 8.93. The van der Waals surface area contributed by atoms with E-state index in [-0.39, 0.29) is 11.0 Å². The molecule has 0 saturated heterocycles. The van der Waals surface area contributed by atoms with Crippen molar-refractivity contribution in [3.05, 3.63) is 22.7 Å². The van der Waals surface area contributed by atoms with E-state index in [9.17, 15) is 4.79 Å². The maximum Gasteiger partial charge on any atom is 0.357 e. The van der Waals surface area contributed by atoms with Gasteiger partial charge < -0.3 is 4.74 Å². The van der Waals surface area contributed by atoms with E-state index in [2.05, 4.69) is 14.7 Å². The minimum absolute atomic E-state index is 0.0426. The molecule has 0 fully saturated rings. The van der Waals surface area contributed by atoms with Crippen molar-refractivity contribution >= 4 is 17.6 Å². The van der Waals surface area contributed by atoms with Gasteiger partial charge in [-0.1, -0.05) is 0 Å². The number of methoxy groups -OCH3 is 1. The zero-order chi connectivity index (χ0) is 9.14. The number of ether oxygens (including phenoxy) is 1. The normalized spacial score (nSPS) is 9.58. The monoisotopic (exact) mass is 186 g/mol. The van der Waals surface area contributed by atoms with Crippen LogP contribution in [0.25, 0.3) is 0 Å². The molecule has 0 aromatic carbocycles. The van der Waals surface area contributed by atoms with Gasteiger partial charge in [-0.2, -0.15) is 0 Å². The van der Waals surface area contributed by atoms with Crippen molar-refractivity contribution in [2.24, 2.45) is 0 Å². The molecule has 12 heavy (non-hydrogen) atoms. The number of hydrogen-bond acceptors (Lipinski definition) is 4. The van der Waals surface area contributed by atoms with Gasteiger partial charge in [0.1, 0.15) is 0 Å². The Labute approximate surface area is 74.5 Å². The Morgan fingerprint density at radius 3 is 2.92 bits per heavy atom. The number of nitrogens with zero attached hydrogens (tertiary/aromatic N) is 2. The predicted octanol–water partition coefficient (Wildman–Crippen LogP) is 1.23. The average Bonchev–Trinajstić information content (AvgIpc) is 2.08. The van der Waals surface area contributed by atoms with Gasteiger partial charge in [0.15, 0.2) is 5.69 Å². The van der Waals surface area contributed by atoms with Gasteiger partial charge in [0.2, 0.25) is 5.28 Å². The second-order valence-electron chi connectivity index (χ2n) is 2.16. The summed E-state index contributed by atoms with van der Waals surface area (Å²) in [6, 6.07) is 0. The number of carbonyl (C=O) groups excluding carboxylic acids is 1. The fraction of sp³-hybridized carbons (Fsp3) is 0.286. The number of halogens is 1. The summed E-state index contributed by atoms with van der Waals surface area (Å²) in [6.07, 6.45) is 1.47. The maximum atomic E-state index is 11.0. The van der Waals surface area contributed by atoms with Crippen LogP contribution in [0.15, 0.2) is 6.20 Å². The standard InChI is InChI=1S/C7H7ClN2O2/c1-4-3-9-7(8)10-5(4)6(11)12-2/h3H,1-2H3. The summed E-state index contributed by atoms with van der Waals surface area (Å²) < 4.78 is 4.48. The molecule has 64 valence electrons. The van der Waals surface area contributed by atoms with Crippen molar-refractivity contribution in [3.8, 4) is 0 Å². The molecule has 5 heteroatoms. The van der Waals surface area contributed by atoms with Gasteiger partial charge in [-0.25, -0.2) is 14.8 Å². The highest BCUT2D eigenvalue weighted by Gasteiger charge is 2.11. The van der Waals surface area contributed by atoms with Gasteiger partial charge in [0, 0.05) is 11.8 Å². The lowest BCUT2D eigenvalue weighted by atomic mass is 10.2. The first-order valence-electron chi connectivity index (χ1n) is 3.22. The minimum atomic E-state index is -0.503. The molecule has 0 aliphatic rings. The molecule has 0 bridgehead atoms. The van der Waals surface area contributed by atoms with Crippen LogP contribution in [0, 0.1) is 6.92 Å². The van der Waals surface area contributed by atoms with E-state index in [4.69, 9.17) is 11.6 Å². The molecule has 1 aromatic heterocycles. The van der Waals surface area contributed by atoms with Crippen LogP contribution < -0.4 is 0 Å². The Hall–Kier alpha value is -1.16.